The fraction of sp³-hybridized carbons (Fsp3) is 0.833. The summed E-state index contributed by atoms with van der Waals surface area (Å²) >= 11 is 0. The van der Waals surface area contributed by atoms with E-state index in [0.29, 0.717) is 6.42 Å². The molecule has 0 aromatic rings. The molecule has 15 heavy (non-hydrogen) atoms. The molecule has 1 fully saturated rings. The Labute approximate surface area is 91.6 Å². The number of hydrogen-bond acceptors (Lipinski definition) is 3. The zero-order valence-corrected chi connectivity index (χ0v) is 9.93. The zero-order valence-electron chi connectivity index (χ0n) is 9.93. The third kappa shape index (κ3) is 2.88. The largest absolute Gasteiger partial charge is 0.307 e. The molecule has 1 aliphatic heterocycles. The maximum Gasteiger partial charge on any atom is 0.215 e. The molecule has 0 radical (unpaired) electrons. The highest BCUT2D eigenvalue weighted by molar-refractivity contribution is 6.40. The number of ketones is 2. The lowest BCUT2D eigenvalue weighted by Crippen LogP contribution is -2.47. The van der Waals surface area contributed by atoms with Crippen molar-refractivity contribution in [1.82, 2.24) is 5.32 Å². The van der Waals surface area contributed by atoms with Crippen LogP contribution in [0, 0.1) is 5.41 Å². The number of nitrogens with one attached hydrogen (secondary N) is 1. The maximum absolute atomic E-state index is 11.9. The second-order valence-corrected chi connectivity index (χ2v) is 4.93. The van der Waals surface area contributed by atoms with Gasteiger partial charge in [-0.25, -0.2) is 0 Å². The molecule has 3 heteroatoms. The third-order valence-corrected chi connectivity index (χ3v) is 3.35. The molecule has 1 atom stereocenters. The van der Waals surface area contributed by atoms with E-state index in [4.69, 9.17) is 0 Å². The summed E-state index contributed by atoms with van der Waals surface area (Å²) in [7, 11) is 0. The highest BCUT2D eigenvalue weighted by Crippen LogP contribution is 2.23. The van der Waals surface area contributed by atoms with Crippen LogP contribution in [0.3, 0.4) is 0 Å². The van der Waals surface area contributed by atoms with Gasteiger partial charge < -0.3 is 5.32 Å². The van der Waals surface area contributed by atoms with Crippen LogP contribution in [-0.4, -0.2) is 24.2 Å². The molecule has 1 rings (SSSR count). The predicted molar refractivity (Wildman–Crippen MR) is 59.7 cm³/mol. The third-order valence-electron chi connectivity index (χ3n) is 3.35. The van der Waals surface area contributed by atoms with Gasteiger partial charge >= 0.3 is 0 Å². The van der Waals surface area contributed by atoms with E-state index in [1.54, 1.807) is 0 Å². The Morgan fingerprint density at radius 1 is 1.33 bits per heavy atom. The monoisotopic (exact) mass is 211 g/mol. The molecule has 0 aliphatic carbocycles. The summed E-state index contributed by atoms with van der Waals surface area (Å²) in [5, 5.41) is 3.13. The van der Waals surface area contributed by atoms with Crippen molar-refractivity contribution in [3.63, 3.8) is 0 Å². The summed E-state index contributed by atoms with van der Waals surface area (Å²) < 4.78 is 0. The summed E-state index contributed by atoms with van der Waals surface area (Å²) in [5.41, 5.74) is -0.504. The van der Waals surface area contributed by atoms with Crippen molar-refractivity contribution in [1.29, 1.82) is 0 Å². The molecule has 1 unspecified atom stereocenters. The standard InChI is InChI=1S/C12H21NO2/c1-4-12(2,3)11(15)10(14)9-7-5-6-8-13-9/h9,13H,4-8H2,1-3H3. The molecule has 0 aromatic heterocycles. The quantitative estimate of drug-likeness (QED) is 0.720. The lowest BCUT2D eigenvalue weighted by molar-refractivity contribution is -0.143. The predicted octanol–water partition coefficient (Wildman–Crippen LogP) is 1.70. The summed E-state index contributed by atoms with van der Waals surface area (Å²) in [6, 6.07) is -0.225. The number of hydrogen-bond donors (Lipinski definition) is 1. The zero-order chi connectivity index (χ0) is 11.5. The SMILES string of the molecule is CCC(C)(C)C(=O)C(=O)C1CCCCN1. The average Bonchev–Trinajstić information content (AvgIpc) is 2.28. The Balaban J connectivity index is 2.63. The first-order valence-corrected chi connectivity index (χ1v) is 5.81. The summed E-state index contributed by atoms with van der Waals surface area (Å²) in [4.78, 5) is 23.8. The van der Waals surface area contributed by atoms with Gasteiger partial charge in [0.1, 0.15) is 0 Å². The van der Waals surface area contributed by atoms with Gasteiger partial charge in [0.05, 0.1) is 6.04 Å². The Morgan fingerprint density at radius 2 is 2.00 bits per heavy atom. The van der Waals surface area contributed by atoms with E-state index < -0.39 is 5.41 Å². The highest BCUT2D eigenvalue weighted by atomic mass is 16.2. The molecular weight excluding hydrogens is 190 g/mol. The van der Waals surface area contributed by atoms with Crippen LogP contribution in [0.1, 0.15) is 46.5 Å². The van der Waals surface area contributed by atoms with Gasteiger partial charge in [-0.05, 0) is 25.8 Å². The highest BCUT2D eigenvalue weighted by Gasteiger charge is 2.35. The first-order valence-electron chi connectivity index (χ1n) is 5.81. The summed E-state index contributed by atoms with van der Waals surface area (Å²) in [6.07, 6.45) is 3.67. The van der Waals surface area contributed by atoms with E-state index in [2.05, 4.69) is 5.32 Å². The van der Waals surface area contributed by atoms with Crippen LogP contribution in [-0.2, 0) is 9.59 Å². The van der Waals surface area contributed by atoms with Gasteiger partial charge in [-0.2, -0.15) is 0 Å². The Kier molecular flexibility index (Phi) is 4.03. The van der Waals surface area contributed by atoms with Crippen LogP contribution in [0.25, 0.3) is 0 Å². The maximum atomic E-state index is 11.9. The van der Waals surface area contributed by atoms with Crippen molar-refractivity contribution in [3.8, 4) is 0 Å². The van der Waals surface area contributed by atoms with Gasteiger partial charge in [-0.1, -0.05) is 27.2 Å². The molecule has 1 saturated heterocycles. The second-order valence-electron chi connectivity index (χ2n) is 4.93. The van der Waals surface area contributed by atoms with Crippen LogP contribution >= 0.6 is 0 Å². The van der Waals surface area contributed by atoms with Gasteiger partial charge in [0.15, 0.2) is 0 Å². The van der Waals surface area contributed by atoms with E-state index in [-0.39, 0.29) is 17.6 Å². The molecule has 1 heterocycles. The molecule has 0 saturated carbocycles. The molecule has 1 N–H and O–H groups in total. The first kappa shape index (κ1) is 12.4. The van der Waals surface area contributed by atoms with Gasteiger partial charge in [0, 0.05) is 5.41 Å². The van der Waals surface area contributed by atoms with E-state index >= 15 is 0 Å². The lowest BCUT2D eigenvalue weighted by Gasteiger charge is -2.26. The molecule has 0 spiro atoms. The van der Waals surface area contributed by atoms with E-state index in [1.807, 2.05) is 20.8 Å². The molecule has 0 amide bonds. The average molecular weight is 211 g/mol. The summed E-state index contributed by atoms with van der Waals surface area (Å²) in [5.74, 6) is -0.439. The Morgan fingerprint density at radius 3 is 2.47 bits per heavy atom. The fourth-order valence-corrected chi connectivity index (χ4v) is 1.73. The van der Waals surface area contributed by atoms with E-state index in [0.717, 1.165) is 25.8 Å². The molecule has 0 bridgehead atoms. The van der Waals surface area contributed by atoms with Crippen molar-refractivity contribution in [2.24, 2.45) is 5.41 Å². The minimum Gasteiger partial charge on any atom is -0.307 e. The van der Waals surface area contributed by atoms with Gasteiger partial charge in [-0.3, -0.25) is 9.59 Å². The molecule has 0 aromatic carbocycles. The number of piperidine rings is 1. The summed E-state index contributed by atoms with van der Waals surface area (Å²) in [6.45, 7) is 6.49. The van der Waals surface area contributed by atoms with E-state index in [1.165, 1.54) is 0 Å². The molecule has 86 valence electrons. The first-order chi connectivity index (χ1) is 6.99. The molecular formula is C12H21NO2. The molecule has 1 aliphatic rings. The number of carbonyl (C=O) groups is 2. The van der Waals surface area contributed by atoms with Crippen molar-refractivity contribution in [2.75, 3.05) is 6.54 Å². The van der Waals surface area contributed by atoms with Crippen LogP contribution in [0.5, 0.6) is 0 Å². The fourth-order valence-electron chi connectivity index (χ4n) is 1.73. The van der Waals surface area contributed by atoms with Crippen LogP contribution in [0.15, 0.2) is 0 Å². The van der Waals surface area contributed by atoms with Gasteiger partial charge in [0.2, 0.25) is 11.6 Å². The topological polar surface area (TPSA) is 46.2 Å². The minimum absolute atomic E-state index is 0.218. The van der Waals surface area contributed by atoms with Gasteiger partial charge in [-0.15, -0.1) is 0 Å². The molecule has 3 nitrogen and oxygen atoms in total. The second kappa shape index (κ2) is 4.88. The van der Waals surface area contributed by atoms with Crippen molar-refractivity contribution in [3.05, 3.63) is 0 Å². The van der Waals surface area contributed by atoms with Crippen molar-refractivity contribution >= 4 is 11.6 Å². The van der Waals surface area contributed by atoms with Crippen LogP contribution in [0.2, 0.25) is 0 Å². The number of Topliss-reactive ketones (excluding diaryl/α,β-unsaturated/α-hetero) is 2. The number of rotatable bonds is 4. The van der Waals surface area contributed by atoms with Gasteiger partial charge in [0.25, 0.3) is 0 Å². The van der Waals surface area contributed by atoms with Crippen LogP contribution < -0.4 is 5.32 Å². The Hall–Kier alpha value is -0.700. The minimum atomic E-state index is -0.504. The number of carbonyl (C=O) groups excluding carboxylic acids is 2. The Bertz CT molecular complexity index is 252. The van der Waals surface area contributed by atoms with Crippen LogP contribution in [0.4, 0.5) is 0 Å². The lowest BCUT2D eigenvalue weighted by atomic mass is 9.81. The van der Waals surface area contributed by atoms with Crippen molar-refractivity contribution < 1.29 is 9.59 Å². The van der Waals surface area contributed by atoms with Crippen molar-refractivity contribution in [2.45, 2.75) is 52.5 Å². The van der Waals surface area contributed by atoms with E-state index in [9.17, 15) is 9.59 Å². The smallest absolute Gasteiger partial charge is 0.215 e. The normalized spacial score (nSPS) is 22.5.